The molecular formula is C25H30F4N6O2. The van der Waals surface area contributed by atoms with Gasteiger partial charge in [-0.3, -0.25) is 9.59 Å². The molecule has 2 atom stereocenters. The molecule has 2 aromatic rings. The number of carbonyl (C=O) groups excluding carboxylic acids is 2. The van der Waals surface area contributed by atoms with Gasteiger partial charge in [0.2, 0.25) is 11.8 Å². The highest BCUT2D eigenvalue weighted by Gasteiger charge is 2.19. The van der Waals surface area contributed by atoms with Gasteiger partial charge in [-0.2, -0.15) is 13.8 Å². The zero-order chi connectivity index (χ0) is 27.4. The second kappa shape index (κ2) is 14.9. The first-order valence-electron chi connectivity index (χ1n) is 11.8. The van der Waals surface area contributed by atoms with E-state index in [0.29, 0.717) is 44.5 Å². The Bertz CT molecular complexity index is 1110. The van der Waals surface area contributed by atoms with E-state index in [0.717, 1.165) is 12.8 Å². The summed E-state index contributed by atoms with van der Waals surface area (Å²) in [5, 5.41) is 5.40. The minimum absolute atomic E-state index is 0.220. The van der Waals surface area contributed by atoms with Crippen LogP contribution in [0.1, 0.15) is 49.7 Å². The molecule has 8 nitrogen and oxygen atoms in total. The number of nitrogens with two attached hydrogens (primary N) is 3. The first-order valence-corrected chi connectivity index (χ1v) is 11.8. The van der Waals surface area contributed by atoms with Gasteiger partial charge in [-0.05, 0) is 62.9 Å². The van der Waals surface area contributed by atoms with Crippen molar-refractivity contribution in [3.8, 4) is 11.8 Å². The van der Waals surface area contributed by atoms with E-state index in [1.165, 1.54) is 24.3 Å². The van der Waals surface area contributed by atoms with Crippen molar-refractivity contribution in [1.82, 2.24) is 10.3 Å². The molecule has 0 aliphatic rings. The summed E-state index contributed by atoms with van der Waals surface area (Å²) in [6.45, 7) is 0.985. The third kappa shape index (κ3) is 9.45. The molecule has 37 heavy (non-hydrogen) atoms. The fourth-order valence-electron chi connectivity index (χ4n) is 3.21. The number of pyridine rings is 1. The summed E-state index contributed by atoms with van der Waals surface area (Å²) in [6, 6.07) is 4.52. The van der Waals surface area contributed by atoms with Gasteiger partial charge in [0.05, 0.1) is 12.1 Å². The van der Waals surface area contributed by atoms with Crippen molar-refractivity contribution in [1.29, 1.82) is 0 Å². The van der Waals surface area contributed by atoms with Crippen LogP contribution in [0.15, 0.2) is 24.3 Å². The van der Waals surface area contributed by atoms with Gasteiger partial charge in [0.25, 0.3) is 11.9 Å². The molecule has 0 unspecified atom stereocenters. The second-order valence-corrected chi connectivity index (χ2v) is 8.30. The summed E-state index contributed by atoms with van der Waals surface area (Å²) < 4.78 is 53.6. The van der Waals surface area contributed by atoms with Crippen LogP contribution in [0.3, 0.4) is 0 Å². The second-order valence-electron chi connectivity index (χ2n) is 8.30. The summed E-state index contributed by atoms with van der Waals surface area (Å²) in [5.74, 6) is -3.15. The average molecular weight is 523 g/mol. The van der Waals surface area contributed by atoms with Crippen molar-refractivity contribution in [2.24, 2.45) is 17.2 Å². The number of amides is 2. The van der Waals surface area contributed by atoms with Crippen LogP contribution in [0.4, 0.5) is 23.2 Å². The number of hydrogen-bond acceptors (Lipinski definition) is 6. The lowest BCUT2D eigenvalue weighted by atomic mass is 10.1. The molecule has 8 N–H and O–H groups in total. The number of nitrogens with one attached hydrogen (secondary N) is 2. The lowest BCUT2D eigenvalue weighted by Crippen LogP contribution is -2.41. The molecule has 0 saturated carbocycles. The van der Waals surface area contributed by atoms with Gasteiger partial charge >= 0.3 is 0 Å². The molecule has 12 heteroatoms. The SMILES string of the molecule is NCCCC[C@H](N)C(=O)NCCCC[C@H](N)C(=O)Nc1ccc(C#Cc2c(F)c(F)nc(F)c2F)cc1. The van der Waals surface area contributed by atoms with Crippen LogP contribution < -0.4 is 27.8 Å². The number of nitrogens with zero attached hydrogens (tertiary/aromatic N) is 1. The van der Waals surface area contributed by atoms with Crippen molar-refractivity contribution in [3.05, 3.63) is 58.9 Å². The molecule has 0 spiro atoms. The molecule has 1 heterocycles. The Kier molecular flexibility index (Phi) is 12.0. The molecule has 2 amide bonds. The number of benzene rings is 1. The number of unbranched alkanes of at least 4 members (excludes halogenated alkanes) is 2. The van der Waals surface area contributed by atoms with E-state index in [4.69, 9.17) is 17.2 Å². The average Bonchev–Trinajstić information content (AvgIpc) is 2.88. The molecule has 0 fully saturated rings. The van der Waals surface area contributed by atoms with Crippen LogP contribution in [-0.4, -0.2) is 42.0 Å². The van der Waals surface area contributed by atoms with Crippen LogP contribution in [-0.2, 0) is 9.59 Å². The minimum Gasteiger partial charge on any atom is -0.355 e. The number of carbonyl (C=O) groups is 2. The lowest BCUT2D eigenvalue weighted by molar-refractivity contribution is -0.122. The molecular weight excluding hydrogens is 492 g/mol. The lowest BCUT2D eigenvalue weighted by Gasteiger charge is -2.14. The zero-order valence-corrected chi connectivity index (χ0v) is 20.1. The topological polar surface area (TPSA) is 149 Å². The third-order valence-corrected chi connectivity index (χ3v) is 5.37. The maximum Gasteiger partial charge on any atom is 0.253 e. The van der Waals surface area contributed by atoms with Crippen molar-refractivity contribution in [3.63, 3.8) is 0 Å². The molecule has 0 aliphatic heterocycles. The smallest absolute Gasteiger partial charge is 0.253 e. The Morgan fingerprint density at radius 1 is 0.838 bits per heavy atom. The summed E-state index contributed by atoms with van der Waals surface area (Å²) >= 11 is 0. The summed E-state index contributed by atoms with van der Waals surface area (Å²) in [4.78, 5) is 26.7. The highest BCUT2D eigenvalue weighted by Crippen LogP contribution is 2.16. The van der Waals surface area contributed by atoms with Crippen LogP contribution in [0.2, 0.25) is 0 Å². The zero-order valence-electron chi connectivity index (χ0n) is 20.1. The maximum atomic E-state index is 13.6. The Labute approximate surface area is 212 Å². The summed E-state index contributed by atoms with van der Waals surface area (Å²) in [7, 11) is 0. The first kappa shape index (κ1) is 29.7. The Morgan fingerprint density at radius 2 is 1.41 bits per heavy atom. The fourth-order valence-corrected chi connectivity index (χ4v) is 3.21. The van der Waals surface area contributed by atoms with E-state index in [-0.39, 0.29) is 11.5 Å². The predicted octanol–water partition coefficient (Wildman–Crippen LogP) is 2.05. The van der Waals surface area contributed by atoms with E-state index in [2.05, 4.69) is 27.5 Å². The molecule has 0 bridgehead atoms. The Hall–Kier alpha value is -3.53. The van der Waals surface area contributed by atoms with E-state index in [1.807, 2.05) is 0 Å². The molecule has 0 saturated heterocycles. The number of hydrogen-bond donors (Lipinski definition) is 5. The van der Waals surface area contributed by atoms with Gasteiger partial charge in [-0.15, -0.1) is 0 Å². The number of halogens is 4. The highest BCUT2D eigenvalue weighted by atomic mass is 19.2. The maximum absolute atomic E-state index is 13.6. The van der Waals surface area contributed by atoms with Crippen molar-refractivity contribution >= 4 is 17.5 Å². The number of aromatic nitrogens is 1. The standard InChI is InChI=1S/C25H30F4N6O2/c26-20-17(21(27)23(29)35-22(20)28)12-9-15-7-10-16(11-8-15)34-25(37)19(32)6-2-4-14-33-24(36)18(31)5-1-3-13-30/h7-8,10-11,18-19H,1-6,13-14,30-32H2,(H,33,36)(H,34,37)/t18-,19-/m0/s1. The number of anilines is 1. The minimum atomic E-state index is -1.79. The largest absolute Gasteiger partial charge is 0.355 e. The van der Waals surface area contributed by atoms with Gasteiger partial charge in [0.15, 0.2) is 11.6 Å². The fraction of sp³-hybridized carbons (Fsp3) is 0.400. The van der Waals surface area contributed by atoms with Gasteiger partial charge < -0.3 is 27.8 Å². The Morgan fingerprint density at radius 3 is 2.00 bits per heavy atom. The van der Waals surface area contributed by atoms with Crippen molar-refractivity contribution in [2.75, 3.05) is 18.4 Å². The van der Waals surface area contributed by atoms with Gasteiger partial charge in [-0.25, -0.2) is 8.78 Å². The third-order valence-electron chi connectivity index (χ3n) is 5.37. The summed E-state index contributed by atoms with van der Waals surface area (Å²) in [5.41, 5.74) is 16.8. The molecule has 1 aromatic heterocycles. The molecule has 1 aromatic carbocycles. The van der Waals surface area contributed by atoms with Crippen molar-refractivity contribution < 1.29 is 27.2 Å². The summed E-state index contributed by atoms with van der Waals surface area (Å²) in [6.07, 6.45) is 3.81. The highest BCUT2D eigenvalue weighted by molar-refractivity contribution is 5.94. The quantitative estimate of drug-likeness (QED) is 0.125. The van der Waals surface area contributed by atoms with E-state index >= 15 is 0 Å². The van der Waals surface area contributed by atoms with E-state index in [1.54, 1.807) is 0 Å². The van der Waals surface area contributed by atoms with Crippen LogP contribution in [0.25, 0.3) is 0 Å². The van der Waals surface area contributed by atoms with E-state index < -0.39 is 47.1 Å². The molecule has 2 rings (SSSR count). The molecule has 0 radical (unpaired) electrons. The first-order chi connectivity index (χ1) is 17.6. The van der Waals surface area contributed by atoms with Crippen molar-refractivity contribution in [2.45, 2.75) is 50.6 Å². The molecule has 0 aliphatic carbocycles. The van der Waals surface area contributed by atoms with Gasteiger partial charge in [0.1, 0.15) is 5.56 Å². The number of rotatable bonds is 12. The normalized spacial score (nSPS) is 12.3. The van der Waals surface area contributed by atoms with Gasteiger partial charge in [0, 0.05) is 17.8 Å². The predicted molar refractivity (Wildman–Crippen MR) is 131 cm³/mol. The molecule has 200 valence electrons. The Balaban J connectivity index is 1.78. The van der Waals surface area contributed by atoms with Crippen LogP contribution in [0, 0.1) is 35.4 Å². The van der Waals surface area contributed by atoms with Crippen LogP contribution in [0.5, 0.6) is 0 Å². The monoisotopic (exact) mass is 522 g/mol. The van der Waals surface area contributed by atoms with E-state index in [9.17, 15) is 27.2 Å². The van der Waals surface area contributed by atoms with Crippen LogP contribution >= 0.6 is 0 Å². The van der Waals surface area contributed by atoms with Gasteiger partial charge in [-0.1, -0.05) is 18.3 Å².